The maximum absolute atomic E-state index is 12.0. The fourth-order valence-electron chi connectivity index (χ4n) is 2.07. The van der Waals surface area contributed by atoms with Gasteiger partial charge in [-0.15, -0.1) is 22.7 Å². The summed E-state index contributed by atoms with van der Waals surface area (Å²) in [6, 6.07) is 10.5. The lowest BCUT2D eigenvalue weighted by molar-refractivity contribution is -0.123. The molecule has 0 atom stereocenters. The lowest BCUT2D eigenvalue weighted by atomic mass is 10.2. The highest BCUT2D eigenvalue weighted by Gasteiger charge is 2.17. The van der Waals surface area contributed by atoms with Gasteiger partial charge in [0.1, 0.15) is 10.8 Å². The minimum Gasteiger partial charge on any atom is -0.497 e. The summed E-state index contributed by atoms with van der Waals surface area (Å²) in [5.74, 6) is -1.24. The van der Waals surface area contributed by atoms with Crippen LogP contribution in [0.4, 0.5) is 0 Å². The highest BCUT2D eigenvalue weighted by atomic mass is 32.1. The zero-order valence-electron chi connectivity index (χ0n) is 14.1. The lowest BCUT2D eigenvalue weighted by Crippen LogP contribution is -2.33. The maximum atomic E-state index is 12.0. The van der Waals surface area contributed by atoms with E-state index in [2.05, 4.69) is 10.3 Å². The Kier molecular flexibility index (Phi) is 5.94. The molecule has 0 unspecified atom stereocenters. The summed E-state index contributed by atoms with van der Waals surface area (Å²) in [7, 11) is 1.58. The number of benzene rings is 1. The first-order valence-electron chi connectivity index (χ1n) is 7.71. The van der Waals surface area contributed by atoms with Gasteiger partial charge in [0.2, 0.25) is 0 Å². The minimum absolute atomic E-state index is 0.100. The number of carbonyl (C=O) groups is 3. The van der Waals surface area contributed by atoms with E-state index in [1.54, 1.807) is 42.1 Å². The predicted molar refractivity (Wildman–Crippen MR) is 101 cm³/mol. The number of methoxy groups -OCH3 is 1. The summed E-state index contributed by atoms with van der Waals surface area (Å²) in [5, 5.41) is 6.07. The third-order valence-electron chi connectivity index (χ3n) is 3.38. The summed E-state index contributed by atoms with van der Waals surface area (Å²) in [6.45, 7) is -0.564. The van der Waals surface area contributed by atoms with E-state index in [0.717, 1.165) is 11.3 Å². The van der Waals surface area contributed by atoms with Crippen LogP contribution in [0.15, 0.2) is 47.2 Å². The van der Waals surface area contributed by atoms with Crippen LogP contribution in [-0.2, 0) is 9.53 Å². The van der Waals surface area contributed by atoms with Crippen LogP contribution in [0.5, 0.6) is 5.75 Å². The zero-order valence-corrected chi connectivity index (χ0v) is 15.8. The van der Waals surface area contributed by atoms with Crippen LogP contribution in [0, 0.1) is 0 Å². The molecule has 0 fully saturated rings. The molecule has 1 aromatic carbocycles. The summed E-state index contributed by atoms with van der Waals surface area (Å²) in [6.07, 6.45) is 0. The Morgan fingerprint density at radius 2 is 1.89 bits per heavy atom. The topological polar surface area (TPSA) is 94.6 Å². The quantitative estimate of drug-likeness (QED) is 0.637. The highest BCUT2D eigenvalue weighted by molar-refractivity contribution is 7.13. The predicted octanol–water partition coefficient (Wildman–Crippen LogP) is 2.99. The molecular formula is C18H14N2O5S2. The van der Waals surface area contributed by atoms with Gasteiger partial charge >= 0.3 is 5.97 Å². The zero-order chi connectivity index (χ0) is 19.2. The first-order valence-corrected chi connectivity index (χ1v) is 9.47. The van der Waals surface area contributed by atoms with Gasteiger partial charge in [0, 0.05) is 10.9 Å². The molecule has 3 rings (SSSR count). The van der Waals surface area contributed by atoms with Crippen molar-refractivity contribution < 1.29 is 23.9 Å². The second-order valence-electron chi connectivity index (χ2n) is 5.20. The molecule has 0 aliphatic carbocycles. The van der Waals surface area contributed by atoms with Crippen LogP contribution in [0.25, 0.3) is 10.6 Å². The molecule has 7 nitrogen and oxygen atoms in total. The van der Waals surface area contributed by atoms with Gasteiger partial charge in [0.25, 0.3) is 11.8 Å². The molecule has 2 heterocycles. The summed E-state index contributed by atoms with van der Waals surface area (Å²) < 4.78 is 10.0. The van der Waals surface area contributed by atoms with Crippen molar-refractivity contribution in [3.05, 3.63) is 57.7 Å². The molecule has 2 amide bonds. The van der Waals surface area contributed by atoms with Gasteiger partial charge in [-0.05, 0) is 35.7 Å². The normalized spacial score (nSPS) is 10.3. The van der Waals surface area contributed by atoms with Gasteiger partial charge in [-0.2, -0.15) is 0 Å². The molecular weight excluding hydrogens is 388 g/mol. The van der Waals surface area contributed by atoms with Gasteiger partial charge in [-0.3, -0.25) is 14.9 Å². The van der Waals surface area contributed by atoms with E-state index in [1.807, 2.05) is 12.1 Å². The molecule has 0 aliphatic rings. The third kappa shape index (κ3) is 4.78. The van der Waals surface area contributed by atoms with Gasteiger partial charge in [-0.1, -0.05) is 6.07 Å². The van der Waals surface area contributed by atoms with Crippen LogP contribution < -0.4 is 10.1 Å². The molecule has 0 bridgehead atoms. The highest BCUT2D eigenvalue weighted by Crippen LogP contribution is 2.25. The number of nitrogens with one attached hydrogen (secondary N) is 1. The van der Waals surface area contributed by atoms with Crippen molar-refractivity contribution in [3.63, 3.8) is 0 Å². The van der Waals surface area contributed by atoms with Crippen LogP contribution in [0.2, 0.25) is 0 Å². The Bertz CT molecular complexity index is 949. The second-order valence-corrected chi connectivity index (χ2v) is 7.00. The molecule has 0 spiro atoms. The number of esters is 1. The van der Waals surface area contributed by atoms with Crippen molar-refractivity contribution in [2.75, 3.05) is 13.7 Å². The van der Waals surface area contributed by atoms with E-state index in [-0.39, 0.29) is 5.69 Å². The van der Waals surface area contributed by atoms with E-state index in [9.17, 15) is 14.4 Å². The molecule has 9 heteroatoms. The van der Waals surface area contributed by atoms with Crippen molar-refractivity contribution in [1.29, 1.82) is 0 Å². The molecule has 138 valence electrons. The van der Waals surface area contributed by atoms with E-state index in [1.165, 1.54) is 22.7 Å². The summed E-state index contributed by atoms with van der Waals surface area (Å²) >= 11 is 2.49. The Labute approximate surface area is 162 Å². The van der Waals surface area contributed by atoms with E-state index < -0.39 is 24.4 Å². The fourth-order valence-corrected chi connectivity index (χ4v) is 3.49. The van der Waals surface area contributed by atoms with Crippen LogP contribution >= 0.6 is 22.7 Å². The number of thiophene rings is 1. The number of ether oxygens (including phenoxy) is 2. The van der Waals surface area contributed by atoms with Crippen molar-refractivity contribution >= 4 is 40.5 Å². The Balaban J connectivity index is 1.54. The number of amides is 2. The van der Waals surface area contributed by atoms with Crippen molar-refractivity contribution in [3.8, 4) is 16.3 Å². The number of nitrogens with zero attached hydrogens (tertiary/aromatic N) is 1. The smallest absolute Gasteiger partial charge is 0.358 e. The average molecular weight is 402 g/mol. The Morgan fingerprint density at radius 3 is 2.56 bits per heavy atom. The third-order valence-corrected chi connectivity index (χ3v) is 5.14. The van der Waals surface area contributed by atoms with E-state index >= 15 is 0 Å². The number of hydrogen-bond acceptors (Lipinski definition) is 8. The van der Waals surface area contributed by atoms with Crippen LogP contribution in [0.3, 0.4) is 0 Å². The fraction of sp³-hybridized carbons (Fsp3) is 0.111. The number of hydrogen-bond donors (Lipinski definition) is 1. The van der Waals surface area contributed by atoms with Crippen LogP contribution in [0.1, 0.15) is 20.2 Å². The summed E-state index contributed by atoms with van der Waals surface area (Å²) in [5.41, 5.74) is 0.933. The molecule has 0 saturated carbocycles. The first kappa shape index (κ1) is 18.7. The minimum atomic E-state index is -0.732. The number of carbonyl (C=O) groups excluding carboxylic acids is 3. The SMILES string of the molecule is COc1ccc(-c2nc(C(=O)OCC(=O)NC(=O)c3cccs3)cs2)cc1. The van der Waals surface area contributed by atoms with Crippen molar-refractivity contribution in [2.45, 2.75) is 0 Å². The number of rotatable bonds is 6. The standard InChI is InChI=1S/C18H14N2O5S2/c1-24-12-6-4-11(5-7-12)17-19-13(10-27-17)18(23)25-9-15(21)20-16(22)14-3-2-8-26-14/h2-8,10H,9H2,1H3,(H,20,21,22). The molecule has 27 heavy (non-hydrogen) atoms. The van der Waals surface area contributed by atoms with E-state index in [4.69, 9.17) is 9.47 Å². The Hall–Kier alpha value is -3.04. The average Bonchev–Trinajstić information content (AvgIpc) is 3.38. The molecule has 2 aromatic heterocycles. The van der Waals surface area contributed by atoms with Crippen LogP contribution in [-0.4, -0.2) is 36.5 Å². The van der Waals surface area contributed by atoms with Gasteiger partial charge in [0.15, 0.2) is 12.3 Å². The summed E-state index contributed by atoms with van der Waals surface area (Å²) in [4.78, 5) is 40.2. The molecule has 3 aromatic rings. The second kappa shape index (κ2) is 8.56. The maximum Gasteiger partial charge on any atom is 0.358 e. The lowest BCUT2D eigenvalue weighted by Gasteiger charge is -2.03. The molecule has 0 saturated heterocycles. The largest absolute Gasteiger partial charge is 0.497 e. The number of imide groups is 1. The van der Waals surface area contributed by atoms with Crippen molar-refractivity contribution in [2.24, 2.45) is 0 Å². The van der Waals surface area contributed by atoms with E-state index in [0.29, 0.717) is 9.88 Å². The number of thiazole rings is 1. The number of aromatic nitrogens is 1. The van der Waals surface area contributed by atoms with Gasteiger partial charge < -0.3 is 9.47 Å². The molecule has 1 N–H and O–H groups in total. The molecule has 0 aliphatic heterocycles. The molecule has 0 radical (unpaired) electrons. The van der Waals surface area contributed by atoms with Gasteiger partial charge in [-0.25, -0.2) is 9.78 Å². The first-order chi connectivity index (χ1) is 13.1. The van der Waals surface area contributed by atoms with Gasteiger partial charge in [0.05, 0.1) is 12.0 Å². The monoisotopic (exact) mass is 402 g/mol. The van der Waals surface area contributed by atoms with Crippen molar-refractivity contribution in [1.82, 2.24) is 10.3 Å². The Morgan fingerprint density at radius 1 is 1.11 bits per heavy atom.